The van der Waals surface area contributed by atoms with E-state index in [1.165, 1.54) is 25.7 Å². The third kappa shape index (κ3) is 2.99. The van der Waals surface area contributed by atoms with Crippen molar-refractivity contribution in [2.75, 3.05) is 18.0 Å². The predicted octanol–water partition coefficient (Wildman–Crippen LogP) is 2.26. The topological polar surface area (TPSA) is 55.0 Å². The van der Waals surface area contributed by atoms with Gasteiger partial charge in [-0.2, -0.15) is 0 Å². The summed E-state index contributed by atoms with van der Waals surface area (Å²) in [5, 5.41) is 0. The van der Waals surface area contributed by atoms with Gasteiger partial charge in [-0.3, -0.25) is 0 Å². The normalized spacial score (nSPS) is 17.2. The van der Waals surface area contributed by atoms with Gasteiger partial charge in [0.15, 0.2) is 0 Å². The van der Waals surface area contributed by atoms with Crippen molar-refractivity contribution in [3.05, 3.63) is 17.5 Å². The number of hydrogen-bond acceptors (Lipinski definition) is 4. The Morgan fingerprint density at radius 1 is 1.39 bits per heavy atom. The van der Waals surface area contributed by atoms with Gasteiger partial charge in [-0.25, -0.2) is 9.97 Å². The standard InChI is InChI=1S/C14H24N4/c1-3-4-12-5-7-18(8-6-12)14-16-10-13(9-15)11(2)17-14/h10,12H,3-9,15H2,1-2H3. The molecule has 2 heterocycles. The number of nitrogens with two attached hydrogens (primary N) is 1. The molecule has 4 nitrogen and oxygen atoms in total. The van der Waals surface area contributed by atoms with Crippen molar-refractivity contribution in [2.24, 2.45) is 11.7 Å². The van der Waals surface area contributed by atoms with Gasteiger partial charge < -0.3 is 10.6 Å². The fourth-order valence-corrected chi connectivity index (χ4v) is 2.66. The van der Waals surface area contributed by atoms with Crippen LogP contribution in [0.5, 0.6) is 0 Å². The minimum atomic E-state index is 0.519. The smallest absolute Gasteiger partial charge is 0.225 e. The van der Waals surface area contributed by atoms with Crippen LogP contribution in [0.3, 0.4) is 0 Å². The molecule has 1 aliphatic rings. The van der Waals surface area contributed by atoms with E-state index in [1.807, 2.05) is 13.1 Å². The van der Waals surface area contributed by atoms with E-state index < -0.39 is 0 Å². The van der Waals surface area contributed by atoms with Crippen LogP contribution in [0.4, 0.5) is 5.95 Å². The maximum absolute atomic E-state index is 5.64. The third-order valence-electron chi connectivity index (χ3n) is 3.88. The van der Waals surface area contributed by atoms with Crippen molar-refractivity contribution >= 4 is 5.95 Å². The molecule has 100 valence electrons. The van der Waals surface area contributed by atoms with E-state index in [2.05, 4.69) is 21.8 Å². The number of hydrogen-bond donors (Lipinski definition) is 1. The highest BCUT2D eigenvalue weighted by Crippen LogP contribution is 2.24. The van der Waals surface area contributed by atoms with Gasteiger partial charge in [0.1, 0.15) is 0 Å². The van der Waals surface area contributed by atoms with E-state index in [1.54, 1.807) is 0 Å². The zero-order valence-electron chi connectivity index (χ0n) is 11.5. The maximum Gasteiger partial charge on any atom is 0.225 e. The number of aromatic nitrogens is 2. The van der Waals surface area contributed by atoms with E-state index in [9.17, 15) is 0 Å². The van der Waals surface area contributed by atoms with Crippen LogP contribution in [0.2, 0.25) is 0 Å². The minimum Gasteiger partial charge on any atom is -0.341 e. The van der Waals surface area contributed by atoms with E-state index >= 15 is 0 Å². The molecule has 0 aliphatic carbocycles. The summed E-state index contributed by atoms with van der Waals surface area (Å²) in [6.07, 6.45) is 7.07. The quantitative estimate of drug-likeness (QED) is 0.888. The van der Waals surface area contributed by atoms with Gasteiger partial charge >= 0.3 is 0 Å². The molecule has 1 aromatic heterocycles. The van der Waals surface area contributed by atoms with Crippen LogP contribution in [-0.2, 0) is 6.54 Å². The molecule has 0 saturated carbocycles. The van der Waals surface area contributed by atoms with Gasteiger partial charge in [0.25, 0.3) is 0 Å². The highest BCUT2D eigenvalue weighted by atomic mass is 15.2. The molecule has 0 spiro atoms. The minimum absolute atomic E-state index is 0.519. The lowest BCUT2D eigenvalue weighted by Gasteiger charge is -2.32. The highest BCUT2D eigenvalue weighted by Gasteiger charge is 2.20. The van der Waals surface area contributed by atoms with Crippen molar-refractivity contribution in [3.63, 3.8) is 0 Å². The first-order chi connectivity index (χ1) is 8.74. The Labute approximate surface area is 110 Å². The molecule has 4 heteroatoms. The second-order valence-electron chi connectivity index (χ2n) is 5.20. The molecule has 0 radical (unpaired) electrons. The van der Waals surface area contributed by atoms with Crippen molar-refractivity contribution in [1.82, 2.24) is 9.97 Å². The van der Waals surface area contributed by atoms with Crippen LogP contribution in [0.1, 0.15) is 43.9 Å². The van der Waals surface area contributed by atoms with Crippen molar-refractivity contribution in [2.45, 2.75) is 46.1 Å². The van der Waals surface area contributed by atoms with Gasteiger partial charge in [-0.1, -0.05) is 19.8 Å². The van der Waals surface area contributed by atoms with Crippen LogP contribution < -0.4 is 10.6 Å². The fourth-order valence-electron chi connectivity index (χ4n) is 2.66. The lowest BCUT2D eigenvalue weighted by molar-refractivity contribution is 0.376. The highest BCUT2D eigenvalue weighted by molar-refractivity contribution is 5.33. The average molecular weight is 248 g/mol. The molecule has 0 amide bonds. The first-order valence-corrected chi connectivity index (χ1v) is 7.02. The zero-order chi connectivity index (χ0) is 13.0. The number of rotatable bonds is 4. The zero-order valence-corrected chi connectivity index (χ0v) is 11.5. The Morgan fingerprint density at radius 2 is 2.11 bits per heavy atom. The molecule has 1 fully saturated rings. The first-order valence-electron chi connectivity index (χ1n) is 7.02. The predicted molar refractivity (Wildman–Crippen MR) is 74.5 cm³/mol. The summed E-state index contributed by atoms with van der Waals surface area (Å²) in [5.41, 5.74) is 7.69. The van der Waals surface area contributed by atoms with Crippen molar-refractivity contribution in [3.8, 4) is 0 Å². The summed E-state index contributed by atoms with van der Waals surface area (Å²) in [6.45, 7) is 6.98. The summed E-state index contributed by atoms with van der Waals surface area (Å²) in [5.74, 6) is 1.77. The van der Waals surface area contributed by atoms with Gasteiger partial charge in [0.05, 0.1) is 0 Å². The SMILES string of the molecule is CCCC1CCN(c2ncc(CN)c(C)n2)CC1. The van der Waals surface area contributed by atoms with Crippen LogP contribution in [-0.4, -0.2) is 23.1 Å². The van der Waals surface area contributed by atoms with Crippen molar-refractivity contribution in [1.29, 1.82) is 0 Å². The number of piperidine rings is 1. The van der Waals surface area contributed by atoms with Crippen LogP contribution >= 0.6 is 0 Å². The molecule has 0 bridgehead atoms. The lowest BCUT2D eigenvalue weighted by Crippen LogP contribution is -2.35. The van der Waals surface area contributed by atoms with Gasteiger partial charge in [-0.15, -0.1) is 0 Å². The maximum atomic E-state index is 5.64. The fraction of sp³-hybridized carbons (Fsp3) is 0.714. The first kappa shape index (κ1) is 13.3. The molecular weight excluding hydrogens is 224 g/mol. The molecule has 2 rings (SSSR count). The molecule has 2 N–H and O–H groups in total. The largest absolute Gasteiger partial charge is 0.341 e. The second kappa shape index (κ2) is 6.14. The second-order valence-corrected chi connectivity index (χ2v) is 5.20. The van der Waals surface area contributed by atoms with Gasteiger partial charge in [0.2, 0.25) is 5.95 Å². The van der Waals surface area contributed by atoms with Crippen LogP contribution in [0.25, 0.3) is 0 Å². The lowest BCUT2D eigenvalue weighted by atomic mass is 9.93. The van der Waals surface area contributed by atoms with Gasteiger partial charge in [0, 0.05) is 37.1 Å². The molecule has 1 aromatic rings. The Hall–Kier alpha value is -1.16. The Morgan fingerprint density at radius 3 is 2.67 bits per heavy atom. The van der Waals surface area contributed by atoms with Crippen molar-refractivity contribution < 1.29 is 0 Å². The Bertz CT molecular complexity index is 383. The molecular formula is C14H24N4. The average Bonchev–Trinajstić information content (AvgIpc) is 2.40. The summed E-state index contributed by atoms with van der Waals surface area (Å²) in [7, 11) is 0. The van der Waals surface area contributed by atoms with E-state index in [4.69, 9.17) is 5.73 Å². The molecule has 1 aliphatic heterocycles. The molecule has 0 atom stereocenters. The van der Waals surface area contributed by atoms with E-state index in [0.29, 0.717) is 6.54 Å². The molecule has 0 aromatic carbocycles. The molecule has 1 saturated heterocycles. The summed E-state index contributed by atoms with van der Waals surface area (Å²) in [4.78, 5) is 11.3. The van der Waals surface area contributed by atoms with Gasteiger partial charge in [-0.05, 0) is 25.7 Å². The monoisotopic (exact) mass is 248 g/mol. The summed E-state index contributed by atoms with van der Waals surface area (Å²) in [6, 6.07) is 0. The van der Waals surface area contributed by atoms with E-state index in [-0.39, 0.29) is 0 Å². The summed E-state index contributed by atoms with van der Waals surface area (Å²) >= 11 is 0. The molecule has 18 heavy (non-hydrogen) atoms. The van der Waals surface area contributed by atoms with Crippen LogP contribution in [0.15, 0.2) is 6.20 Å². The number of aryl methyl sites for hydroxylation is 1. The molecule has 0 unspecified atom stereocenters. The number of nitrogens with zero attached hydrogens (tertiary/aromatic N) is 3. The Balaban J connectivity index is 1.99. The Kier molecular flexibility index (Phi) is 4.53. The third-order valence-corrected chi connectivity index (χ3v) is 3.88. The number of anilines is 1. The van der Waals surface area contributed by atoms with E-state index in [0.717, 1.165) is 36.2 Å². The summed E-state index contributed by atoms with van der Waals surface area (Å²) < 4.78 is 0. The van der Waals surface area contributed by atoms with Crippen LogP contribution in [0, 0.1) is 12.8 Å².